The summed E-state index contributed by atoms with van der Waals surface area (Å²) in [6.07, 6.45) is -0.303. The van der Waals surface area contributed by atoms with Crippen molar-refractivity contribution >= 4 is 11.9 Å². The number of amidine groups is 1. The van der Waals surface area contributed by atoms with Crippen LogP contribution >= 0.6 is 0 Å². The molecule has 0 aromatic rings. The van der Waals surface area contributed by atoms with Gasteiger partial charge in [-0.3, -0.25) is 4.99 Å². The van der Waals surface area contributed by atoms with Crippen LogP contribution in [0.15, 0.2) is 16.3 Å². The minimum atomic E-state index is -0.303. The number of rotatable bonds is 0. The zero-order valence-electron chi connectivity index (χ0n) is 8.00. The van der Waals surface area contributed by atoms with Gasteiger partial charge in [-0.1, -0.05) is 0 Å². The molecule has 70 valence electrons. The van der Waals surface area contributed by atoms with Gasteiger partial charge in [0.2, 0.25) is 0 Å². The second-order valence-corrected chi connectivity index (χ2v) is 3.37. The maximum atomic E-state index is 11.3. The summed E-state index contributed by atoms with van der Waals surface area (Å²) in [7, 11) is 0. The van der Waals surface area contributed by atoms with Crippen LogP contribution in [0.1, 0.15) is 20.8 Å². The molecule has 2 aliphatic rings. The van der Waals surface area contributed by atoms with Gasteiger partial charge in [-0.15, -0.1) is 0 Å². The Labute approximate surface area is 76.9 Å². The number of fused-ring (bicyclic) bond motifs is 1. The zero-order chi connectivity index (χ0) is 9.59. The number of hydrogen-bond donors (Lipinski definition) is 0. The first-order valence-corrected chi connectivity index (χ1v) is 4.32. The Balaban J connectivity index is 2.46. The van der Waals surface area contributed by atoms with Crippen molar-refractivity contribution in [1.82, 2.24) is 4.90 Å². The normalized spacial score (nSPS) is 27.3. The number of nitrogens with zero attached hydrogens (tertiary/aromatic N) is 2. The summed E-state index contributed by atoms with van der Waals surface area (Å²) < 4.78 is 4.94. The third-order valence-corrected chi connectivity index (χ3v) is 2.57. The number of hydrogen-bond acceptors (Lipinski definition) is 3. The molecule has 0 radical (unpaired) electrons. The second-order valence-electron chi connectivity index (χ2n) is 3.37. The Morgan fingerprint density at radius 3 is 2.92 bits per heavy atom. The minimum Gasteiger partial charge on any atom is -0.442 e. The van der Waals surface area contributed by atoms with Crippen molar-refractivity contribution in [3.05, 3.63) is 11.3 Å². The van der Waals surface area contributed by atoms with Gasteiger partial charge >= 0.3 is 6.09 Å². The van der Waals surface area contributed by atoms with E-state index in [0.29, 0.717) is 6.61 Å². The zero-order valence-corrected chi connectivity index (χ0v) is 8.00. The molecule has 0 N–H and O–H groups in total. The van der Waals surface area contributed by atoms with Gasteiger partial charge < -0.3 is 4.74 Å². The van der Waals surface area contributed by atoms with E-state index >= 15 is 0 Å². The Bertz CT molecular complexity index is 331. The van der Waals surface area contributed by atoms with Gasteiger partial charge in [0.15, 0.2) is 0 Å². The average Bonchev–Trinajstić information content (AvgIpc) is 2.44. The third kappa shape index (κ3) is 1.05. The largest absolute Gasteiger partial charge is 0.442 e. The van der Waals surface area contributed by atoms with Crippen LogP contribution in [-0.2, 0) is 4.74 Å². The molecule has 0 bridgehead atoms. The summed E-state index contributed by atoms with van der Waals surface area (Å²) in [6, 6.07) is 0.167. The lowest BCUT2D eigenvalue weighted by atomic mass is 10.1. The fraction of sp³-hybridized carbons (Fsp3) is 0.556. The third-order valence-electron chi connectivity index (χ3n) is 2.57. The van der Waals surface area contributed by atoms with Crippen LogP contribution in [0, 0.1) is 0 Å². The van der Waals surface area contributed by atoms with Crippen LogP contribution in [0.5, 0.6) is 0 Å². The molecule has 0 spiro atoms. The molecule has 0 aliphatic carbocycles. The summed E-state index contributed by atoms with van der Waals surface area (Å²) in [6.45, 7) is 6.23. The van der Waals surface area contributed by atoms with Crippen molar-refractivity contribution in [2.24, 2.45) is 4.99 Å². The van der Waals surface area contributed by atoms with E-state index in [1.807, 2.05) is 20.8 Å². The van der Waals surface area contributed by atoms with Crippen molar-refractivity contribution in [2.45, 2.75) is 26.8 Å². The molecule has 2 rings (SSSR count). The second kappa shape index (κ2) is 2.58. The first-order chi connectivity index (χ1) is 6.11. The topological polar surface area (TPSA) is 41.9 Å². The average molecular weight is 180 g/mol. The molecule has 13 heavy (non-hydrogen) atoms. The van der Waals surface area contributed by atoms with Gasteiger partial charge in [-0.25, -0.2) is 9.69 Å². The molecule has 2 aliphatic heterocycles. The van der Waals surface area contributed by atoms with Crippen molar-refractivity contribution in [3.63, 3.8) is 0 Å². The van der Waals surface area contributed by atoms with E-state index in [4.69, 9.17) is 4.74 Å². The van der Waals surface area contributed by atoms with Crippen molar-refractivity contribution in [2.75, 3.05) is 6.61 Å². The van der Waals surface area contributed by atoms with Gasteiger partial charge in [-0.2, -0.15) is 0 Å². The predicted octanol–water partition coefficient (Wildman–Crippen LogP) is 1.53. The minimum absolute atomic E-state index is 0.167. The van der Waals surface area contributed by atoms with Crippen LogP contribution in [-0.4, -0.2) is 29.5 Å². The Kier molecular flexibility index (Phi) is 1.65. The van der Waals surface area contributed by atoms with E-state index < -0.39 is 0 Å². The summed E-state index contributed by atoms with van der Waals surface area (Å²) >= 11 is 0. The van der Waals surface area contributed by atoms with Crippen LogP contribution in [0.3, 0.4) is 0 Å². The molecule has 4 heteroatoms. The van der Waals surface area contributed by atoms with Crippen molar-refractivity contribution in [3.8, 4) is 0 Å². The highest BCUT2D eigenvalue weighted by Gasteiger charge is 2.35. The van der Waals surface area contributed by atoms with Crippen LogP contribution in [0.2, 0.25) is 0 Å². The maximum Gasteiger partial charge on any atom is 0.420 e. The SMILES string of the molecule is CC1=NC(C)C(C)=C2COC(=O)N12. The van der Waals surface area contributed by atoms with E-state index in [1.165, 1.54) is 0 Å². The smallest absolute Gasteiger partial charge is 0.420 e. The summed E-state index contributed by atoms with van der Waals surface area (Å²) in [4.78, 5) is 17.2. The lowest BCUT2D eigenvalue weighted by Gasteiger charge is -2.24. The van der Waals surface area contributed by atoms with Gasteiger partial charge in [0, 0.05) is 0 Å². The number of amides is 1. The summed E-state index contributed by atoms with van der Waals surface area (Å²) in [5, 5.41) is 0. The molecule has 1 amide bonds. The molecular weight excluding hydrogens is 168 g/mol. The first kappa shape index (κ1) is 8.29. The number of carbonyl (C=O) groups is 1. The standard InChI is InChI=1S/C9H12N2O2/c1-5-6(2)10-7(3)11-8(5)4-13-9(11)12/h6H,4H2,1-3H3. The van der Waals surface area contributed by atoms with Gasteiger partial charge in [0.05, 0.1) is 11.7 Å². The monoisotopic (exact) mass is 180 g/mol. The molecular formula is C9H12N2O2. The quantitative estimate of drug-likeness (QED) is 0.567. The highest BCUT2D eigenvalue weighted by molar-refractivity contribution is 5.98. The lowest BCUT2D eigenvalue weighted by Crippen LogP contribution is -2.34. The highest BCUT2D eigenvalue weighted by atomic mass is 16.6. The summed E-state index contributed by atoms with van der Waals surface area (Å²) in [5.74, 6) is 0.732. The fourth-order valence-electron chi connectivity index (χ4n) is 1.66. The van der Waals surface area contributed by atoms with Crippen molar-refractivity contribution in [1.29, 1.82) is 0 Å². The number of aliphatic imine (C=N–C) groups is 1. The summed E-state index contributed by atoms with van der Waals surface area (Å²) in [5.41, 5.74) is 2.08. The van der Waals surface area contributed by atoms with Gasteiger partial charge in [-0.05, 0) is 26.3 Å². The molecule has 2 heterocycles. The Morgan fingerprint density at radius 1 is 1.54 bits per heavy atom. The maximum absolute atomic E-state index is 11.3. The van der Waals surface area contributed by atoms with Crippen LogP contribution in [0.25, 0.3) is 0 Å². The first-order valence-electron chi connectivity index (χ1n) is 4.32. The number of carbonyl (C=O) groups excluding carboxylic acids is 1. The fourth-order valence-corrected chi connectivity index (χ4v) is 1.66. The number of cyclic esters (lactones) is 1. The Morgan fingerprint density at radius 2 is 2.23 bits per heavy atom. The molecule has 0 aromatic heterocycles. The number of ether oxygens (including phenoxy) is 1. The van der Waals surface area contributed by atoms with E-state index in [0.717, 1.165) is 17.1 Å². The predicted molar refractivity (Wildman–Crippen MR) is 48.5 cm³/mol. The van der Waals surface area contributed by atoms with Gasteiger partial charge in [0.25, 0.3) is 0 Å². The Hall–Kier alpha value is -1.32. The van der Waals surface area contributed by atoms with Crippen LogP contribution < -0.4 is 0 Å². The van der Waals surface area contributed by atoms with E-state index in [9.17, 15) is 4.79 Å². The molecule has 4 nitrogen and oxygen atoms in total. The highest BCUT2D eigenvalue weighted by Crippen LogP contribution is 2.27. The van der Waals surface area contributed by atoms with Gasteiger partial charge in [0.1, 0.15) is 12.4 Å². The molecule has 0 aromatic carbocycles. The molecule has 1 fully saturated rings. The van der Waals surface area contributed by atoms with Crippen LogP contribution in [0.4, 0.5) is 4.79 Å². The molecule has 1 saturated heterocycles. The molecule has 1 atom stereocenters. The molecule has 0 saturated carbocycles. The van der Waals surface area contributed by atoms with E-state index in [1.54, 1.807) is 4.90 Å². The van der Waals surface area contributed by atoms with E-state index in [2.05, 4.69) is 4.99 Å². The lowest BCUT2D eigenvalue weighted by molar-refractivity contribution is 0.168. The molecule has 1 unspecified atom stereocenters. The van der Waals surface area contributed by atoms with Crippen molar-refractivity contribution < 1.29 is 9.53 Å². The van der Waals surface area contributed by atoms with E-state index in [-0.39, 0.29) is 12.1 Å².